The van der Waals surface area contributed by atoms with Crippen molar-refractivity contribution in [2.75, 3.05) is 0 Å². The zero-order valence-electron chi connectivity index (χ0n) is 15.9. The summed E-state index contributed by atoms with van der Waals surface area (Å²) in [5.74, 6) is 1.12. The van der Waals surface area contributed by atoms with Gasteiger partial charge in [0.2, 0.25) is 0 Å². The van der Waals surface area contributed by atoms with E-state index in [1.54, 1.807) is 30.5 Å². The van der Waals surface area contributed by atoms with Crippen molar-refractivity contribution in [1.29, 1.82) is 0 Å². The van der Waals surface area contributed by atoms with Crippen molar-refractivity contribution >= 4 is 0 Å². The largest absolute Gasteiger partial charge is 1.00 e. The summed E-state index contributed by atoms with van der Waals surface area (Å²) in [7, 11) is 0. The van der Waals surface area contributed by atoms with E-state index in [-0.39, 0.29) is 24.8 Å². The Morgan fingerprint density at radius 1 is 0.593 bits per heavy atom. The minimum atomic E-state index is -2.25. The molecule has 0 radical (unpaired) electrons. The van der Waals surface area contributed by atoms with Crippen LogP contribution in [0.25, 0.3) is 0 Å². The Hall–Kier alpha value is -0.617. The second-order valence-corrected chi connectivity index (χ2v) is 19.9. The summed E-state index contributed by atoms with van der Waals surface area (Å²) in [5.41, 5.74) is 6.50. The Labute approximate surface area is 180 Å². The molecule has 0 nitrogen and oxygen atoms in total. The first kappa shape index (κ1) is 21.1. The summed E-state index contributed by atoms with van der Waals surface area (Å²) in [5, 5.41) is 0. The third kappa shape index (κ3) is 3.35. The van der Waals surface area contributed by atoms with Crippen molar-refractivity contribution in [3.8, 4) is 0 Å². The van der Waals surface area contributed by atoms with Gasteiger partial charge in [0.25, 0.3) is 0 Å². The molecule has 1 saturated heterocycles. The fourth-order valence-electron chi connectivity index (χ4n) is 5.34. The van der Waals surface area contributed by atoms with Crippen molar-refractivity contribution in [1.82, 2.24) is 0 Å². The second-order valence-electron chi connectivity index (χ2n) is 8.29. The Morgan fingerprint density at radius 2 is 1.04 bits per heavy atom. The van der Waals surface area contributed by atoms with Gasteiger partial charge >= 0.3 is 157 Å². The molecule has 1 fully saturated rings. The normalized spacial score (nSPS) is 32.8. The van der Waals surface area contributed by atoms with Crippen LogP contribution in [0.3, 0.4) is 0 Å². The van der Waals surface area contributed by atoms with Crippen molar-refractivity contribution in [2.24, 2.45) is 11.8 Å². The molecule has 0 saturated carbocycles. The van der Waals surface area contributed by atoms with E-state index in [1.807, 2.05) is 0 Å². The van der Waals surface area contributed by atoms with Gasteiger partial charge in [-0.15, -0.1) is 0 Å². The average molecular weight is 477 g/mol. The van der Waals surface area contributed by atoms with Crippen molar-refractivity contribution in [3.05, 3.63) is 95.2 Å². The fourth-order valence-corrected chi connectivity index (χ4v) is 20.9. The molecule has 5 rings (SSSR count). The van der Waals surface area contributed by atoms with Gasteiger partial charge in [-0.2, -0.15) is 0 Å². The van der Waals surface area contributed by atoms with E-state index in [9.17, 15) is 0 Å². The van der Waals surface area contributed by atoms with E-state index in [2.05, 4.69) is 86.8 Å². The molecule has 1 aliphatic heterocycles. The molecule has 4 atom stereocenters. The van der Waals surface area contributed by atoms with Gasteiger partial charge in [-0.3, -0.25) is 0 Å². The maximum atomic E-state index is 2.60. The number of hydrogen-bond acceptors (Lipinski definition) is 0. The van der Waals surface area contributed by atoms with Gasteiger partial charge in [0.1, 0.15) is 0 Å². The SMILES string of the molecule is CC1C=CC=CC2=C1C=C[CH]2[Zr+2]1([CH]2C=CC3=C2C=CC=CC3C)[CH2][CH2]1.[Cl-].[Cl-]. The van der Waals surface area contributed by atoms with Gasteiger partial charge in [-0.1, -0.05) is 0 Å². The molecule has 0 N–H and O–H groups in total. The number of halogens is 2. The van der Waals surface area contributed by atoms with Gasteiger partial charge in [-0.25, -0.2) is 0 Å². The summed E-state index contributed by atoms with van der Waals surface area (Å²) < 4.78 is 4.67. The summed E-state index contributed by atoms with van der Waals surface area (Å²) in [6, 6.07) is 0. The molecule has 140 valence electrons. The Morgan fingerprint density at radius 3 is 1.44 bits per heavy atom. The molecule has 4 unspecified atom stereocenters. The Bertz CT molecular complexity index is 791. The minimum absolute atomic E-state index is 0. The molecule has 0 aromatic rings. The van der Waals surface area contributed by atoms with E-state index in [1.165, 1.54) is 0 Å². The van der Waals surface area contributed by atoms with Gasteiger partial charge in [-0.05, 0) is 0 Å². The Kier molecular flexibility index (Phi) is 6.27. The summed E-state index contributed by atoms with van der Waals surface area (Å²) >= 11 is -2.25. The first-order chi connectivity index (χ1) is 12.2. The molecule has 5 aliphatic rings. The fraction of sp³-hybridized carbons (Fsp3) is 0.333. The number of hydrogen-bond donors (Lipinski definition) is 0. The smallest absolute Gasteiger partial charge is 1.00 e. The summed E-state index contributed by atoms with van der Waals surface area (Å²) in [6.45, 7) is 4.69. The van der Waals surface area contributed by atoms with E-state index < -0.39 is 20.3 Å². The molecule has 27 heavy (non-hydrogen) atoms. The van der Waals surface area contributed by atoms with Crippen molar-refractivity contribution < 1.29 is 45.1 Å². The van der Waals surface area contributed by atoms with Crippen LogP contribution in [0.2, 0.25) is 15.5 Å². The van der Waals surface area contributed by atoms with Crippen LogP contribution in [0.5, 0.6) is 0 Å². The zero-order valence-corrected chi connectivity index (χ0v) is 19.9. The maximum Gasteiger partial charge on any atom is -1.00 e. The van der Waals surface area contributed by atoms with Crippen LogP contribution in [-0.4, -0.2) is 0 Å². The van der Waals surface area contributed by atoms with Crippen LogP contribution in [0.15, 0.2) is 95.2 Å². The van der Waals surface area contributed by atoms with Gasteiger partial charge in [0.05, 0.1) is 0 Å². The van der Waals surface area contributed by atoms with Crippen LogP contribution < -0.4 is 24.8 Å². The van der Waals surface area contributed by atoms with E-state index in [0.29, 0.717) is 11.8 Å². The second kappa shape index (κ2) is 8.02. The van der Waals surface area contributed by atoms with E-state index in [4.69, 9.17) is 0 Å². The third-order valence-corrected chi connectivity index (χ3v) is 19.5. The molecule has 0 spiro atoms. The monoisotopic (exact) mass is 474 g/mol. The minimum Gasteiger partial charge on any atom is -1.00 e. The zero-order chi connectivity index (χ0) is 17.0. The quantitative estimate of drug-likeness (QED) is 0.554. The van der Waals surface area contributed by atoms with Crippen molar-refractivity contribution in [3.63, 3.8) is 0 Å². The van der Waals surface area contributed by atoms with Gasteiger partial charge < -0.3 is 24.8 Å². The van der Waals surface area contributed by atoms with E-state index in [0.717, 1.165) is 7.25 Å². The van der Waals surface area contributed by atoms with Crippen LogP contribution in [0.4, 0.5) is 0 Å². The molecular formula is C24H26Cl2Zr. The van der Waals surface area contributed by atoms with Crippen LogP contribution in [0, 0.1) is 11.8 Å². The molecule has 1 heterocycles. The molecule has 0 aromatic heterocycles. The molecular weight excluding hydrogens is 450 g/mol. The first-order valence-corrected chi connectivity index (χ1v) is 16.1. The standard InChI is InChI=1S/2C11H11.C2H4.2ClH.Zr/c2*1-9-5-2-3-6-10-7-4-8-11(9)10;1-2;;;/h2*2-9H,1H3;1-2H2;2*1H;/q;;;;;+2/p-2. The molecule has 3 heteroatoms. The number of allylic oxidation sites excluding steroid dienone is 16. The average Bonchev–Trinajstić information content (AvgIpc) is 3.23. The van der Waals surface area contributed by atoms with E-state index >= 15 is 0 Å². The molecule has 0 bridgehead atoms. The van der Waals surface area contributed by atoms with Gasteiger partial charge in [0.15, 0.2) is 0 Å². The summed E-state index contributed by atoms with van der Waals surface area (Å²) in [4.78, 5) is 0. The molecule has 0 amide bonds. The molecule has 4 aliphatic carbocycles. The van der Waals surface area contributed by atoms with Crippen LogP contribution >= 0.6 is 0 Å². The van der Waals surface area contributed by atoms with Gasteiger partial charge in [0, 0.05) is 0 Å². The predicted molar refractivity (Wildman–Crippen MR) is 104 cm³/mol. The molecule has 0 aromatic carbocycles. The van der Waals surface area contributed by atoms with Crippen LogP contribution in [-0.2, 0) is 20.3 Å². The van der Waals surface area contributed by atoms with Crippen molar-refractivity contribution in [2.45, 2.75) is 29.4 Å². The van der Waals surface area contributed by atoms with Crippen LogP contribution in [0.1, 0.15) is 13.8 Å². The number of rotatable bonds is 2. The third-order valence-electron chi connectivity index (χ3n) is 6.89. The topological polar surface area (TPSA) is 0 Å². The first-order valence-electron chi connectivity index (χ1n) is 9.75. The predicted octanol–water partition coefficient (Wildman–Crippen LogP) is 0.832. The summed E-state index contributed by atoms with van der Waals surface area (Å²) in [6.07, 6.45) is 28.7. The maximum absolute atomic E-state index is 2.60. The Balaban J connectivity index is 0.00000105.